The van der Waals surface area contributed by atoms with E-state index < -0.39 is 45.6 Å². The SMILES string of the molecule is N=C(N)c1ccc(CNC(=O)C(CCc2cc[n+]([O-])cc2)NC(=O)C(CCCc2ccccc2)NS(=O)(=O)Cc2cccc(C(=O)O)c2)cc1. The Kier molecular flexibility index (Phi) is 13.2. The van der Waals surface area contributed by atoms with Crippen molar-refractivity contribution >= 4 is 33.6 Å². The number of nitrogens with one attached hydrogen (secondary N) is 4. The molecule has 0 aliphatic carbocycles. The molecule has 1 aromatic heterocycles. The number of amides is 2. The first-order valence-corrected chi connectivity index (χ1v) is 17.6. The number of rotatable bonds is 18. The van der Waals surface area contributed by atoms with Crippen LogP contribution in [0.5, 0.6) is 0 Å². The lowest BCUT2D eigenvalue weighted by molar-refractivity contribution is -0.605. The number of carboxylic acid groups (broad SMARTS) is 1. The maximum absolute atomic E-state index is 13.8. The van der Waals surface area contributed by atoms with Crippen molar-refractivity contribution in [2.45, 2.75) is 56.5 Å². The van der Waals surface area contributed by atoms with E-state index >= 15 is 0 Å². The molecule has 3 aromatic carbocycles. The minimum absolute atomic E-state index is 0.0676. The summed E-state index contributed by atoms with van der Waals surface area (Å²) in [5.41, 5.74) is 8.72. The molecule has 1 heterocycles. The largest absolute Gasteiger partial charge is 0.619 e. The summed E-state index contributed by atoms with van der Waals surface area (Å²) >= 11 is 0. The summed E-state index contributed by atoms with van der Waals surface area (Å²) in [7, 11) is -4.15. The number of carbonyl (C=O) groups is 3. The lowest BCUT2D eigenvalue weighted by Gasteiger charge is -2.23. The van der Waals surface area contributed by atoms with E-state index in [9.17, 15) is 33.1 Å². The number of carboxylic acids is 1. The van der Waals surface area contributed by atoms with Gasteiger partial charge in [-0.25, -0.2) is 17.9 Å². The number of sulfonamides is 1. The highest BCUT2D eigenvalue weighted by molar-refractivity contribution is 7.88. The zero-order chi connectivity index (χ0) is 36.1. The van der Waals surface area contributed by atoms with Crippen molar-refractivity contribution in [3.8, 4) is 0 Å². The van der Waals surface area contributed by atoms with Gasteiger partial charge in [-0.05, 0) is 66.5 Å². The molecule has 13 nitrogen and oxygen atoms in total. The van der Waals surface area contributed by atoms with Crippen molar-refractivity contribution in [2.75, 3.05) is 0 Å². The summed E-state index contributed by atoms with van der Waals surface area (Å²) in [6, 6.07) is 22.7. The van der Waals surface area contributed by atoms with Crippen LogP contribution in [0.25, 0.3) is 0 Å². The summed E-state index contributed by atoms with van der Waals surface area (Å²) < 4.78 is 29.8. The number of hydrogen-bond donors (Lipinski definition) is 6. The molecule has 0 saturated carbocycles. The van der Waals surface area contributed by atoms with E-state index in [0.29, 0.717) is 29.6 Å². The van der Waals surface area contributed by atoms with Gasteiger partial charge in [-0.2, -0.15) is 4.73 Å². The topological polar surface area (TPSA) is 218 Å². The standard InChI is InChI=1S/C36H40N6O7S/c37-33(38)29-15-12-27(13-16-29)23-39-34(43)31(17-14-26-18-20-42(47)21-19-26)40-35(44)32(11-5-8-25-6-2-1-3-7-25)41-50(48,49)24-28-9-4-10-30(22-28)36(45)46/h1-4,6-7,9-10,12-13,15-16,18-22,31-32,41H,5,8,11,14,17,23-24H2,(H3,37,38)(H,39,43)(H,40,44)(H,45,46). The van der Waals surface area contributed by atoms with Crippen LogP contribution in [-0.2, 0) is 44.8 Å². The van der Waals surface area contributed by atoms with Crippen molar-refractivity contribution in [3.05, 3.63) is 142 Å². The number of amidine groups is 1. The first kappa shape index (κ1) is 37.2. The Labute approximate surface area is 290 Å². The van der Waals surface area contributed by atoms with Gasteiger partial charge in [-0.3, -0.25) is 15.0 Å². The van der Waals surface area contributed by atoms with Crippen LogP contribution in [0.3, 0.4) is 0 Å². The number of aryl methyl sites for hydroxylation is 2. The number of nitrogen functional groups attached to an aromatic ring is 1. The molecular weight excluding hydrogens is 660 g/mol. The second-order valence-electron chi connectivity index (χ2n) is 11.8. The van der Waals surface area contributed by atoms with E-state index in [2.05, 4.69) is 15.4 Å². The van der Waals surface area contributed by atoms with Gasteiger partial charge in [-0.15, -0.1) is 0 Å². The third-order valence-corrected chi connectivity index (χ3v) is 9.28. The first-order chi connectivity index (χ1) is 23.9. The molecule has 7 N–H and O–H groups in total. The molecule has 14 heteroatoms. The highest BCUT2D eigenvalue weighted by Crippen LogP contribution is 2.13. The van der Waals surface area contributed by atoms with E-state index in [0.717, 1.165) is 16.7 Å². The summed E-state index contributed by atoms with van der Waals surface area (Å²) in [5.74, 6) is -3.04. The molecule has 262 valence electrons. The average molecular weight is 701 g/mol. The Hall–Kier alpha value is -5.60. The molecule has 0 bridgehead atoms. The van der Waals surface area contributed by atoms with E-state index in [-0.39, 0.29) is 36.3 Å². The number of nitrogens with zero attached hydrogens (tertiary/aromatic N) is 1. The Morgan fingerprint density at radius 2 is 1.44 bits per heavy atom. The highest BCUT2D eigenvalue weighted by Gasteiger charge is 2.29. The van der Waals surface area contributed by atoms with Crippen LogP contribution in [0.15, 0.2) is 103 Å². The molecule has 2 amide bonds. The number of pyridine rings is 1. The molecule has 4 rings (SSSR count). The predicted octanol–water partition coefficient (Wildman–Crippen LogP) is 2.55. The van der Waals surface area contributed by atoms with Gasteiger partial charge in [0.2, 0.25) is 21.8 Å². The second-order valence-corrected chi connectivity index (χ2v) is 13.6. The van der Waals surface area contributed by atoms with E-state index in [1.807, 2.05) is 30.3 Å². The van der Waals surface area contributed by atoms with Crippen molar-refractivity contribution in [1.82, 2.24) is 15.4 Å². The lowest BCUT2D eigenvalue weighted by Crippen LogP contribution is -2.53. The van der Waals surface area contributed by atoms with Crippen LogP contribution in [0.4, 0.5) is 0 Å². The van der Waals surface area contributed by atoms with E-state index in [1.165, 1.54) is 36.7 Å². The Morgan fingerprint density at radius 3 is 2.10 bits per heavy atom. The highest BCUT2D eigenvalue weighted by atomic mass is 32.2. The molecule has 0 aliphatic heterocycles. The zero-order valence-electron chi connectivity index (χ0n) is 27.2. The maximum Gasteiger partial charge on any atom is 0.335 e. The van der Waals surface area contributed by atoms with Crippen LogP contribution in [0.1, 0.15) is 57.4 Å². The number of hydrogen-bond acceptors (Lipinski definition) is 7. The van der Waals surface area contributed by atoms with Crippen LogP contribution in [0.2, 0.25) is 0 Å². The van der Waals surface area contributed by atoms with Gasteiger partial charge < -0.3 is 26.7 Å². The molecule has 0 saturated heterocycles. The quantitative estimate of drug-likeness (QED) is 0.0391. The summed E-state index contributed by atoms with van der Waals surface area (Å²) in [6.07, 6.45) is 4.29. The van der Waals surface area contributed by atoms with Crippen molar-refractivity contribution in [2.24, 2.45) is 5.73 Å². The number of aromatic carboxylic acids is 1. The third kappa shape index (κ3) is 11.8. The minimum Gasteiger partial charge on any atom is -0.619 e. The monoisotopic (exact) mass is 700 g/mol. The lowest BCUT2D eigenvalue weighted by atomic mass is 10.0. The number of nitrogens with two attached hydrogens (primary N) is 1. The van der Waals surface area contributed by atoms with Crippen LogP contribution in [0, 0.1) is 10.6 Å². The summed E-state index contributed by atoms with van der Waals surface area (Å²) in [6.45, 7) is 0.118. The average Bonchev–Trinajstić information content (AvgIpc) is 3.09. The fourth-order valence-electron chi connectivity index (χ4n) is 5.25. The molecule has 50 heavy (non-hydrogen) atoms. The van der Waals surface area contributed by atoms with Gasteiger partial charge in [-0.1, -0.05) is 66.7 Å². The molecule has 0 aliphatic rings. The first-order valence-electron chi connectivity index (χ1n) is 15.9. The molecule has 4 aromatic rings. The number of benzene rings is 3. The van der Waals surface area contributed by atoms with Gasteiger partial charge >= 0.3 is 5.97 Å². The Bertz CT molecular complexity index is 1890. The van der Waals surface area contributed by atoms with Gasteiger partial charge in [0.1, 0.15) is 17.9 Å². The van der Waals surface area contributed by atoms with Gasteiger partial charge in [0, 0.05) is 24.2 Å². The molecule has 2 atom stereocenters. The van der Waals surface area contributed by atoms with E-state index in [1.54, 1.807) is 36.4 Å². The Morgan fingerprint density at radius 1 is 0.780 bits per heavy atom. The molecule has 0 spiro atoms. The normalized spacial score (nSPS) is 12.4. The van der Waals surface area contributed by atoms with Crippen LogP contribution >= 0.6 is 0 Å². The number of aromatic nitrogens is 1. The molecular formula is C36H40N6O7S. The number of carbonyl (C=O) groups excluding carboxylic acids is 2. The van der Waals surface area contributed by atoms with Crippen LogP contribution < -0.4 is 25.8 Å². The maximum atomic E-state index is 13.8. The fourth-order valence-corrected chi connectivity index (χ4v) is 6.61. The van der Waals surface area contributed by atoms with Crippen molar-refractivity contribution in [3.63, 3.8) is 0 Å². The molecule has 2 unspecified atom stereocenters. The summed E-state index contributed by atoms with van der Waals surface area (Å²) in [5, 5.41) is 34.0. The smallest absolute Gasteiger partial charge is 0.335 e. The van der Waals surface area contributed by atoms with Gasteiger partial charge in [0.25, 0.3) is 0 Å². The minimum atomic E-state index is -4.15. The van der Waals surface area contributed by atoms with Gasteiger partial charge in [0.15, 0.2) is 12.4 Å². The third-order valence-electron chi connectivity index (χ3n) is 7.93. The zero-order valence-corrected chi connectivity index (χ0v) is 28.1. The second kappa shape index (κ2) is 17.7. The Balaban J connectivity index is 1.52. The summed E-state index contributed by atoms with van der Waals surface area (Å²) in [4.78, 5) is 38.8. The van der Waals surface area contributed by atoms with E-state index in [4.69, 9.17) is 11.1 Å². The van der Waals surface area contributed by atoms with Gasteiger partial charge in [0.05, 0.1) is 11.3 Å². The van der Waals surface area contributed by atoms with Crippen LogP contribution in [-0.4, -0.2) is 49.2 Å². The fraction of sp³-hybridized carbons (Fsp3) is 0.250. The molecule has 0 fully saturated rings. The predicted molar refractivity (Wildman–Crippen MR) is 187 cm³/mol. The van der Waals surface area contributed by atoms with Crippen molar-refractivity contribution < 1.29 is 32.6 Å². The molecule has 0 radical (unpaired) electrons. The van der Waals surface area contributed by atoms with Crippen molar-refractivity contribution in [1.29, 1.82) is 5.41 Å².